The fourth-order valence-electron chi connectivity index (χ4n) is 1.29. The van der Waals surface area contributed by atoms with Gasteiger partial charge in [-0.05, 0) is 21.0 Å². The van der Waals surface area contributed by atoms with Crippen molar-refractivity contribution in [1.82, 2.24) is 20.0 Å². The highest BCUT2D eigenvalue weighted by Gasteiger charge is 2.17. The highest BCUT2D eigenvalue weighted by atomic mass is 16.2. The summed E-state index contributed by atoms with van der Waals surface area (Å²) in [5.41, 5.74) is 6.56. The maximum atomic E-state index is 11.8. The lowest BCUT2D eigenvalue weighted by molar-refractivity contribution is -0.122. The summed E-state index contributed by atoms with van der Waals surface area (Å²) in [6.45, 7) is 2.62. The van der Waals surface area contributed by atoms with Crippen LogP contribution in [-0.4, -0.2) is 47.3 Å². The monoisotopic (exact) mass is 239 g/mol. The first-order valence-electron chi connectivity index (χ1n) is 5.60. The van der Waals surface area contributed by atoms with Gasteiger partial charge in [-0.15, -0.1) is 0 Å². The van der Waals surface area contributed by atoms with Crippen molar-refractivity contribution in [3.8, 4) is 0 Å². The average molecular weight is 239 g/mol. The number of nitrogens with zero attached hydrogens (tertiary/aromatic N) is 3. The molecule has 0 aromatic carbocycles. The van der Waals surface area contributed by atoms with E-state index >= 15 is 0 Å². The molecule has 0 saturated carbocycles. The van der Waals surface area contributed by atoms with E-state index in [1.165, 1.54) is 0 Å². The Balaban J connectivity index is 2.48. The highest BCUT2D eigenvalue weighted by molar-refractivity contribution is 5.82. The van der Waals surface area contributed by atoms with E-state index < -0.39 is 6.04 Å². The zero-order valence-electron chi connectivity index (χ0n) is 10.8. The minimum atomic E-state index is -0.655. The molecule has 96 valence electrons. The van der Waals surface area contributed by atoms with Crippen molar-refractivity contribution in [2.24, 2.45) is 12.8 Å². The molecule has 6 heteroatoms. The summed E-state index contributed by atoms with van der Waals surface area (Å²) >= 11 is 0. The topological polar surface area (TPSA) is 76.2 Å². The van der Waals surface area contributed by atoms with Crippen LogP contribution in [0.25, 0.3) is 0 Å². The standard InChI is InChI=1S/C11H21N5O/c1-8(15(2)3)5-13-11(17)10(12)9-6-14-16(4)7-9/h6-8,10H,5,12H2,1-4H3,(H,13,17). The summed E-state index contributed by atoms with van der Waals surface area (Å²) in [5, 5.41) is 6.82. The van der Waals surface area contributed by atoms with Crippen LogP contribution in [0.3, 0.4) is 0 Å². The number of nitrogens with one attached hydrogen (secondary N) is 1. The van der Waals surface area contributed by atoms with E-state index in [0.717, 1.165) is 5.56 Å². The van der Waals surface area contributed by atoms with E-state index in [9.17, 15) is 4.79 Å². The Morgan fingerprint density at radius 1 is 1.65 bits per heavy atom. The third-order valence-corrected chi connectivity index (χ3v) is 2.82. The van der Waals surface area contributed by atoms with Crippen LogP contribution in [0.15, 0.2) is 12.4 Å². The van der Waals surface area contributed by atoms with Crippen molar-refractivity contribution in [2.45, 2.75) is 19.0 Å². The molecule has 3 N–H and O–H groups in total. The van der Waals surface area contributed by atoms with Crippen molar-refractivity contribution >= 4 is 5.91 Å². The molecule has 0 aliphatic carbocycles. The van der Waals surface area contributed by atoms with Crippen molar-refractivity contribution < 1.29 is 4.79 Å². The number of likely N-dealkylation sites (N-methyl/N-ethyl adjacent to an activating group) is 1. The van der Waals surface area contributed by atoms with E-state index in [-0.39, 0.29) is 11.9 Å². The van der Waals surface area contributed by atoms with Gasteiger partial charge >= 0.3 is 0 Å². The molecule has 0 radical (unpaired) electrons. The number of aromatic nitrogens is 2. The number of hydrogen-bond acceptors (Lipinski definition) is 4. The lowest BCUT2D eigenvalue weighted by atomic mass is 10.1. The number of carbonyl (C=O) groups excluding carboxylic acids is 1. The van der Waals surface area contributed by atoms with Crippen molar-refractivity contribution in [2.75, 3.05) is 20.6 Å². The Bertz CT molecular complexity index is 374. The second kappa shape index (κ2) is 5.79. The quantitative estimate of drug-likeness (QED) is 0.725. The minimum absolute atomic E-state index is 0.174. The van der Waals surface area contributed by atoms with Gasteiger partial charge in [0.15, 0.2) is 0 Å². The van der Waals surface area contributed by atoms with Gasteiger partial charge in [-0.1, -0.05) is 0 Å². The van der Waals surface area contributed by atoms with Crippen LogP contribution in [0.2, 0.25) is 0 Å². The first-order valence-corrected chi connectivity index (χ1v) is 5.60. The van der Waals surface area contributed by atoms with E-state index in [2.05, 4.69) is 10.4 Å². The summed E-state index contributed by atoms with van der Waals surface area (Å²) in [6, 6.07) is -0.377. The molecule has 1 amide bonds. The van der Waals surface area contributed by atoms with Gasteiger partial charge < -0.3 is 16.0 Å². The number of nitrogens with two attached hydrogens (primary N) is 1. The molecule has 1 aromatic rings. The SMILES string of the molecule is CC(CNC(=O)C(N)c1cnn(C)c1)N(C)C. The summed E-state index contributed by atoms with van der Waals surface area (Å²) in [6.07, 6.45) is 3.36. The van der Waals surface area contributed by atoms with Crippen LogP contribution in [0.5, 0.6) is 0 Å². The Morgan fingerprint density at radius 2 is 2.29 bits per heavy atom. The van der Waals surface area contributed by atoms with Gasteiger partial charge in [0.2, 0.25) is 5.91 Å². The van der Waals surface area contributed by atoms with Crippen molar-refractivity contribution in [3.05, 3.63) is 18.0 Å². The molecule has 6 nitrogen and oxygen atoms in total. The maximum absolute atomic E-state index is 11.8. The van der Waals surface area contributed by atoms with E-state index in [1.807, 2.05) is 25.9 Å². The molecule has 0 spiro atoms. The van der Waals surface area contributed by atoms with Gasteiger partial charge in [0, 0.05) is 31.4 Å². The van der Waals surface area contributed by atoms with Gasteiger partial charge in [-0.25, -0.2) is 0 Å². The smallest absolute Gasteiger partial charge is 0.241 e. The summed E-state index contributed by atoms with van der Waals surface area (Å²) < 4.78 is 1.63. The van der Waals surface area contributed by atoms with Crippen LogP contribution in [0, 0.1) is 0 Å². The van der Waals surface area contributed by atoms with Crippen LogP contribution in [-0.2, 0) is 11.8 Å². The molecule has 1 aromatic heterocycles. The summed E-state index contributed by atoms with van der Waals surface area (Å²) in [7, 11) is 5.73. The number of carbonyl (C=O) groups is 1. The molecule has 0 fully saturated rings. The summed E-state index contributed by atoms with van der Waals surface area (Å²) in [4.78, 5) is 13.8. The van der Waals surface area contributed by atoms with Gasteiger partial charge in [0.05, 0.1) is 6.20 Å². The largest absolute Gasteiger partial charge is 0.353 e. The molecule has 0 bridgehead atoms. The molecule has 2 atom stereocenters. The number of rotatable bonds is 5. The van der Waals surface area contributed by atoms with E-state index in [1.54, 1.807) is 24.1 Å². The molecule has 2 unspecified atom stereocenters. The van der Waals surface area contributed by atoms with Crippen LogP contribution < -0.4 is 11.1 Å². The van der Waals surface area contributed by atoms with Crippen LogP contribution in [0.4, 0.5) is 0 Å². The number of aryl methyl sites for hydroxylation is 1. The van der Waals surface area contributed by atoms with Gasteiger partial charge in [-0.3, -0.25) is 9.48 Å². The molecular formula is C11H21N5O. The lowest BCUT2D eigenvalue weighted by Crippen LogP contribution is -2.41. The van der Waals surface area contributed by atoms with E-state index in [4.69, 9.17) is 5.73 Å². The third-order valence-electron chi connectivity index (χ3n) is 2.82. The second-order valence-corrected chi connectivity index (χ2v) is 4.48. The van der Waals surface area contributed by atoms with Crippen LogP contribution in [0.1, 0.15) is 18.5 Å². The normalized spacial score (nSPS) is 14.7. The fourth-order valence-corrected chi connectivity index (χ4v) is 1.29. The average Bonchev–Trinajstić information content (AvgIpc) is 2.70. The maximum Gasteiger partial charge on any atom is 0.241 e. The van der Waals surface area contributed by atoms with Gasteiger partial charge in [-0.2, -0.15) is 5.10 Å². The molecule has 17 heavy (non-hydrogen) atoms. The first-order chi connectivity index (χ1) is 7.91. The predicted octanol–water partition coefficient (Wildman–Crippen LogP) is -0.514. The fraction of sp³-hybridized carbons (Fsp3) is 0.636. The number of hydrogen-bond donors (Lipinski definition) is 2. The molecule has 1 rings (SSSR count). The van der Waals surface area contributed by atoms with E-state index in [0.29, 0.717) is 6.54 Å². The third kappa shape index (κ3) is 3.83. The second-order valence-electron chi connectivity index (χ2n) is 4.48. The molecule has 0 aliphatic heterocycles. The molecule has 0 aliphatic rings. The van der Waals surface area contributed by atoms with Crippen LogP contribution >= 0.6 is 0 Å². The first kappa shape index (κ1) is 13.7. The zero-order valence-corrected chi connectivity index (χ0v) is 10.8. The zero-order chi connectivity index (χ0) is 13.0. The highest BCUT2D eigenvalue weighted by Crippen LogP contribution is 2.08. The minimum Gasteiger partial charge on any atom is -0.353 e. The molecule has 0 saturated heterocycles. The Labute approximate surface area is 102 Å². The van der Waals surface area contributed by atoms with Crippen molar-refractivity contribution in [1.29, 1.82) is 0 Å². The van der Waals surface area contributed by atoms with Gasteiger partial charge in [0.1, 0.15) is 6.04 Å². The molecular weight excluding hydrogens is 218 g/mol. The Morgan fingerprint density at radius 3 is 2.76 bits per heavy atom. The Hall–Kier alpha value is -1.40. The summed E-state index contributed by atoms with van der Waals surface area (Å²) in [5.74, 6) is -0.174. The number of amides is 1. The predicted molar refractivity (Wildman–Crippen MR) is 66.3 cm³/mol. The van der Waals surface area contributed by atoms with Crippen molar-refractivity contribution in [3.63, 3.8) is 0 Å². The lowest BCUT2D eigenvalue weighted by Gasteiger charge is -2.21. The Kier molecular flexibility index (Phi) is 4.65. The molecule has 1 heterocycles. The van der Waals surface area contributed by atoms with Gasteiger partial charge in [0.25, 0.3) is 0 Å².